The molecular weight excluding hydrogens is 830 g/mol. The lowest BCUT2D eigenvalue weighted by Gasteiger charge is -2.39. The molecule has 0 saturated carbocycles. The summed E-state index contributed by atoms with van der Waals surface area (Å²) in [5.74, 6) is 0.579. The molecular formula is C40H54Cl3N6O8P. The number of amides is 1. The number of halogens is 3. The molecule has 14 nitrogen and oxygen atoms in total. The van der Waals surface area contributed by atoms with Crippen LogP contribution in [0.15, 0.2) is 29.1 Å². The van der Waals surface area contributed by atoms with Crippen molar-refractivity contribution in [1.29, 1.82) is 0 Å². The average molecular weight is 884 g/mol. The van der Waals surface area contributed by atoms with Crippen LogP contribution in [0.2, 0.25) is 0 Å². The highest BCUT2D eigenvalue weighted by Crippen LogP contribution is 2.48. The molecule has 1 unspecified atom stereocenters. The number of hydrogen-bond donors (Lipinski definition) is 2. The number of ether oxygens (including phenoxy) is 2. The first kappa shape index (κ1) is 44.8. The summed E-state index contributed by atoms with van der Waals surface area (Å²) in [6.45, 7) is 9.96. The second-order valence-electron chi connectivity index (χ2n) is 15.2. The Hall–Kier alpha value is -2.78. The molecule has 3 saturated heterocycles. The van der Waals surface area contributed by atoms with Gasteiger partial charge in [0.15, 0.2) is 5.60 Å². The van der Waals surface area contributed by atoms with Gasteiger partial charge in [0.1, 0.15) is 12.4 Å². The molecule has 1 amide bonds. The molecule has 0 bridgehead atoms. The van der Waals surface area contributed by atoms with Crippen LogP contribution in [-0.4, -0.2) is 111 Å². The van der Waals surface area contributed by atoms with Gasteiger partial charge in [0.2, 0.25) is 0 Å². The molecule has 0 radical (unpaired) electrons. The molecule has 3 fully saturated rings. The predicted octanol–water partition coefficient (Wildman–Crippen LogP) is 6.40. The maximum absolute atomic E-state index is 13.6. The van der Waals surface area contributed by atoms with Crippen LogP contribution in [0, 0.1) is 0 Å². The minimum absolute atomic E-state index is 0. The number of likely N-dealkylation sites (tertiary alicyclic amines) is 2. The van der Waals surface area contributed by atoms with Gasteiger partial charge in [-0.1, -0.05) is 20.3 Å². The van der Waals surface area contributed by atoms with Gasteiger partial charge in [-0.15, -0.1) is 35.6 Å². The summed E-state index contributed by atoms with van der Waals surface area (Å²) in [4.78, 5) is 48.5. The fraction of sp³-hybridized carbons (Fsp3) is 0.600. The highest BCUT2D eigenvalue weighted by atomic mass is 35.5. The number of nitrogens with zero attached hydrogens (tertiary/aromatic N) is 5. The summed E-state index contributed by atoms with van der Waals surface area (Å²) in [6, 6.07) is 7.77. The highest BCUT2D eigenvalue weighted by Gasteiger charge is 2.45. The van der Waals surface area contributed by atoms with Crippen molar-refractivity contribution in [3.8, 4) is 17.1 Å². The maximum Gasteiger partial charge on any atom is 0.415 e. The topological polar surface area (TPSA) is 156 Å². The van der Waals surface area contributed by atoms with Crippen molar-refractivity contribution in [2.45, 2.75) is 90.0 Å². The Labute approximate surface area is 355 Å². The first-order valence-corrected chi connectivity index (χ1v) is 22.9. The number of rotatable bonds is 9. The lowest BCUT2D eigenvalue weighted by atomic mass is 9.86. The van der Waals surface area contributed by atoms with Gasteiger partial charge >= 0.3 is 19.7 Å². The van der Waals surface area contributed by atoms with Gasteiger partial charge in [0, 0.05) is 67.0 Å². The molecule has 1 aromatic carbocycles. The Kier molecular flexibility index (Phi) is 14.9. The van der Waals surface area contributed by atoms with Crippen LogP contribution in [0.5, 0.6) is 5.75 Å². The quantitative estimate of drug-likeness (QED) is 0.109. The highest BCUT2D eigenvalue weighted by molar-refractivity contribution is 7.54. The molecule has 2 aromatic heterocycles. The van der Waals surface area contributed by atoms with Crippen molar-refractivity contribution in [2.75, 3.05) is 64.2 Å². The number of aryl methyl sites for hydroxylation is 1. The molecule has 3 aromatic rings. The molecule has 2 atom stereocenters. The number of esters is 1. The number of pyridine rings is 2. The van der Waals surface area contributed by atoms with Crippen LogP contribution in [0.4, 0.5) is 4.79 Å². The van der Waals surface area contributed by atoms with E-state index in [0.29, 0.717) is 91.8 Å². The molecule has 2 N–H and O–H groups in total. The normalized spacial score (nSPS) is 23.3. The zero-order valence-corrected chi connectivity index (χ0v) is 36.4. The molecule has 0 spiro atoms. The number of carbonyl (C=O) groups is 2. The monoisotopic (exact) mass is 882 g/mol. The standard InChI is InChI=1S/C33H38N4O6.C7H15Cl2N2O2P.ClH/c1-3-22-23-16-21(43-32(40)36-14-10-20(11-15-36)35-12-6-5-7-13-35)8-9-27(23)34-29-24(22)18-37-28(29)17-26-25(30(37)38)19-42-31(39)33(26,41)4-2;8-2-5-11(6-3-9)14(12)10-4-1-7-13-14;/h8-9,16-17,20,41H,3-7,10-15,18-19H2,1-2H3;1-7H2,(H,10,12);1H/t33-;;/m0../s1. The van der Waals surface area contributed by atoms with Crippen LogP contribution >= 0.6 is 43.3 Å². The number of aromatic nitrogens is 2. The minimum Gasteiger partial charge on any atom is -0.458 e. The van der Waals surface area contributed by atoms with E-state index in [2.05, 4.69) is 16.9 Å². The molecule has 318 valence electrons. The SMILES string of the molecule is CCc1c2c(nc3ccc(OC(=O)N4CCC(N5CCCCC5)CC4)cc13)-c1cc3c(c(=O)n1C2)COC(=O)[C@]3(O)CC.Cl.O=P1(N(CCCl)CCCl)NCCCO1. The summed E-state index contributed by atoms with van der Waals surface area (Å²) < 4.78 is 31.9. The van der Waals surface area contributed by atoms with E-state index in [0.717, 1.165) is 47.8 Å². The molecule has 8 rings (SSSR count). The van der Waals surface area contributed by atoms with Gasteiger partial charge in [-0.2, -0.15) is 0 Å². The van der Waals surface area contributed by atoms with Crippen molar-refractivity contribution >= 4 is 66.2 Å². The molecule has 0 aliphatic carbocycles. The molecule has 18 heteroatoms. The Bertz CT molecular complexity index is 2080. The van der Waals surface area contributed by atoms with Crippen molar-refractivity contribution in [2.24, 2.45) is 0 Å². The second-order valence-corrected chi connectivity index (χ2v) is 18.1. The summed E-state index contributed by atoms with van der Waals surface area (Å²) >= 11 is 11.2. The van der Waals surface area contributed by atoms with E-state index in [1.807, 2.05) is 17.0 Å². The first-order valence-electron chi connectivity index (χ1n) is 20.3. The van der Waals surface area contributed by atoms with Crippen LogP contribution in [-0.2, 0) is 43.8 Å². The number of benzene rings is 1. The average Bonchev–Trinajstić information content (AvgIpc) is 3.60. The van der Waals surface area contributed by atoms with E-state index in [9.17, 15) is 24.1 Å². The Morgan fingerprint density at radius 1 is 1.05 bits per heavy atom. The van der Waals surface area contributed by atoms with E-state index in [4.69, 9.17) is 42.2 Å². The fourth-order valence-electron chi connectivity index (χ4n) is 8.75. The zero-order valence-electron chi connectivity index (χ0n) is 33.2. The Morgan fingerprint density at radius 3 is 2.41 bits per heavy atom. The fourth-order valence-corrected chi connectivity index (χ4v) is 11.4. The van der Waals surface area contributed by atoms with E-state index in [1.165, 1.54) is 32.4 Å². The molecule has 58 heavy (non-hydrogen) atoms. The predicted molar refractivity (Wildman–Crippen MR) is 226 cm³/mol. The minimum atomic E-state index is -2.84. The van der Waals surface area contributed by atoms with Gasteiger partial charge in [-0.3, -0.25) is 9.36 Å². The Balaban J connectivity index is 0.000000323. The van der Waals surface area contributed by atoms with E-state index in [-0.39, 0.29) is 37.1 Å². The van der Waals surface area contributed by atoms with Gasteiger partial charge in [0.05, 0.1) is 35.6 Å². The summed E-state index contributed by atoms with van der Waals surface area (Å²) in [6.07, 6.45) is 7.15. The number of fused-ring (bicyclic) bond motifs is 5. The third-order valence-electron chi connectivity index (χ3n) is 11.9. The van der Waals surface area contributed by atoms with Crippen LogP contribution in [0.25, 0.3) is 22.3 Å². The summed E-state index contributed by atoms with van der Waals surface area (Å²) in [7, 11) is -2.84. The smallest absolute Gasteiger partial charge is 0.415 e. The van der Waals surface area contributed by atoms with Crippen LogP contribution in [0.1, 0.15) is 81.0 Å². The summed E-state index contributed by atoms with van der Waals surface area (Å²) in [5.41, 5.74) is 2.38. The van der Waals surface area contributed by atoms with Crippen molar-refractivity contribution < 1.29 is 33.3 Å². The van der Waals surface area contributed by atoms with E-state index in [1.54, 1.807) is 28.3 Å². The first-order chi connectivity index (χ1) is 27.5. The van der Waals surface area contributed by atoms with Crippen molar-refractivity contribution in [1.82, 2.24) is 29.1 Å². The maximum atomic E-state index is 13.6. The lowest BCUT2D eigenvalue weighted by Crippen LogP contribution is -2.48. The zero-order chi connectivity index (χ0) is 40.3. The molecule has 7 heterocycles. The van der Waals surface area contributed by atoms with E-state index >= 15 is 0 Å². The molecule has 5 aliphatic heterocycles. The number of cyclic esters (lactones) is 1. The van der Waals surface area contributed by atoms with Gasteiger partial charge < -0.3 is 33.5 Å². The Morgan fingerprint density at radius 2 is 1.78 bits per heavy atom. The number of piperidine rings is 2. The lowest BCUT2D eigenvalue weighted by molar-refractivity contribution is -0.172. The second kappa shape index (κ2) is 19.3. The number of alkyl halides is 2. The van der Waals surface area contributed by atoms with Crippen LogP contribution in [0.3, 0.4) is 0 Å². The number of carbonyl (C=O) groups excluding carboxylic acids is 2. The summed E-state index contributed by atoms with van der Waals surface area (Å²) in [5, 5.41) is 14.9. The van der Waals surface area contributed by atoms with Gasteiger partial charge in [-0.25, -0.2) is 24.3 Å². The van der Waals surface area contributed by atoms with Crippen molar-refractivity contribution in [3.05, 3.63) is 56.9 Å². The molecule has 5 aliphatic rings. The third kappa shape index (κ3) is 8.83. The number of nitrogens with one attached hydrogen (secondary N) is 1. The van der Waals surface area contributed by atoms with E-state index < -0.39 is 19.2 Å². The van der Waals surface area contributed by atoms with Crippen molar-refractivity contribution in [3.63, 3.8) is 0 Å². The largest absolute Gasteiger partial charge is 0.458 e. The number of hydrogen-bond acceptors (Lipinski definition) is 10. The third-order valence-corrected chi connectivity index (χ3v) is 14.6. The van der Waals surface area contributed by atoms with Gasteiger partial charge in [0.25, 0.3) is 5.56 Å². The van der Waals surface area contributed by atoms with Gasteiger partial charge in [-0.05, 0) is 87.9 Å². The van der Waals surface area contributed by atoms with Crippen LogP contribution < -0.4 is 15.4 Å². The number of aliphatic hydroxyl groups is 1.